The van der Waals surface area contributed by atoms with Crippen LogP contribution in [0.2, 0.25) is 0 Å². The minimum Gasteiger partial charge on any atom is -0.491 e. The molecule has 0 unspecified atom stereocenters. The van der Waals surface area contributed by atoms with Crippen LogP contribution in [0.25, 0.3) is 11.0 Å². The number of aliphatic hydroxyl groups is 1. The molecule has 0 saturated carbocycles. The quantitative estimate of drug-likeness (QED) is 0.368. The summed E-state index contributed by atoms with van der Waals surface area (Å²) in [6, 6.07) is 21.7. The Labute approximate surface area is 210 Å². The van der Waals surface area contributed by atoms with Crippen LogP contribution in [0.5, 0.6) is 5.75 Å². The average Bonchev–Trinajstić information content (AvgIpc) is 3.43. The van der Waals surface area contributed by atoms with E-state index in [1.165, 1.54) is 17.7 Å². The zero-order chi connectivity index (χ0) is 25.2. The van der Waals surface area contributed by atoms with Gasteiger partial charge in [0.2, 0.25) is 5.91 Å². The lowest BCUT2D eigenvalue weighted by Gasteiger charge is -2.19. The highest BCUT2D eigenvalue weighted by Gasteiger charge is 2.35. The van der Waals surface area contributed by atoms with Gasteiger partial charge in [-0.05, 0) is 53.9 Å². The number of carbonyl (C=O) groups is 1. The van der Waals surface area contributed by atoms with E-state index in [1.54, 1.807) is 17.0 Å². The largest absolute Gasteiger partial charge is 0.491 e. The van der Waals surface area contributed by atoms with Gasteiger partial charge >= 0.3 is 0 Å². The molecule has 5 rings (SSSR count). The summed E-state index contributed by atoms with van der Waals surface area (Å²) in [6.07, 6.45) is -0.503. The van der Waals surface area contributed by atoms with Gasteiger partial charge in [0.25, 0.3) is 0 Å². The number of hydrogen-bond acceptors (Lipinski definition) is 4. The van der Waals surface area contributed by atoms with Crippen LogP contribution in [-0.4, -0.2) is 39.8 Å². The van der Waals surface area contributed by atoms with E-state index in [0.29, 0.717) is 23.9 Å². The first-order chi connectivity index (χ1) is 17.4. The molecule has 36 heavy (non-hydrogen) atoms. The number of aromatic nitrogens is 2. The summed E-state index contributed by atoms with van der Waals surface area (Å²) in [4.78, 5) is 19.3. The summed E-state index contributed by atoms with van der Waals surface area (Å²) in [7, 11) is 0. The molecule has 1 fully saturated rings. The van der Waals surface area contributed by atoms with Crippen LogP contribution in [0.1, 0.15) is 43.5 Å². The van der Waals surface area contributed by atoms with Crippen LogP contribution in [0.3, 0.4) is 0 Å². The van der Waals surface area contributed by atoms with E-state index in [2.05, 4.69) is 13.8 Å². The van der Waals surface area contributed by atoms with Crippen LogP contribution in [0.15, 0.2) is 72.8 Å². The van der Waals surface area contributed by atoms with E-state index in [0.717, 1.165) is 16.9 Å². The molecule has 0 spiro atoms. The van der Waals surface area contributed by atoms with Crippen molar-refractivity contribution in [2.75, 3.05) is 18.1 Å². The maximum Gasteiger partial charge on any atom is 0.227 e. The van der Waals surface area contributed by atoms with Gasteiger partial charge in [-0.15, -0.1) is 0 Å². The summed E-state index contributed by atoms with van der Waals surface area (Å²) >= 11 is 0. The minimum atomic E-state index is -0.775. The SMILES string of the molecule is CC(C)c1ccc(OC[C@@H](O)Cn2c([C@H]3CC(=O)N(c4cccc(F)c4)C3)nc3ccccc32)cc1. The van der Waals surface area contributed by atoms with Crippen molar-refractivity contribution in [1.29, 1.82) is 0 Å². The number of carbonyl (C=O) groups excluding carboxylic acids is 1. The number of fused-ring (bicyclic) bond motifs is 1. The Balaban J connectivity index is 1.34. The number of para-hydroxylation sites is 2. The lowest BCUT2D eigenvalue weighted by molar-refractivity contribution is -0.117. The topological polar surface area (TPSA) is 67.6 Å². The molecule has 3 aromatic carbocycles. The average molecular weight is 488 g/mol. The van der Waals surface area contributed by atoms with Gasteiger partial charge < -0.3 is 19.3 Å². The third kappa shape index (κ3) is 4.97. The summed E-state index contributed by atoms with van der Waals surface area (Å²) in [6.45, 7) is 5.10. The first-order valence-electron chi connectivity index (χ1n) is 12.3. The van der Waals surface area contributed by atoms with Crippen molar-refractivity contribution in [2.24, 2.45) is 0 Å². The second kappa shape index (κ2) is 10.1. The second-order valence-electron chi connectivity index (χ2n) is 9.64. The van der Waals surface area contributed by atoms with Crippen molar-refractivity contribution in [1.82, 2.24) is 9.55 Å². The second-order valence-corrected chi connectivity index (χ2v) is 9.64. The minimum absolute atomic E-state index is 0.0714. The van der Waals surface area contributed by atoms with Crippen molar-refractivity contribution >= 4 is 22.6 Å². The summed E-state index contributed by atoms with van der Waals surface area (Å²) in [5, 5.41) is 10.9. The predicted octanol–water partition coefficient (Wildman–Crippen LogP) is 5.26. The molecule has 2 atom stereocenters. The number of halogens is 1. The Hall–Kier alpha value is -3.71. The number of rotatable bonds is 8. The fraction of sp³-hybridized carbons (Fsp3) is 0.310. The Morgan fingerprint density at radius 3 is 2.61 bits per heavy atom. The molecule has 1 aliphatic heterocycles. The van der Waals surface area contributed by atoms with E-state index in [-0.39, 0.29) is 37.2 Å². The predicted molar refractivity (Wildman–Crippen MR) is 138 cm³/mol. The molecule has 1 amide bonds. The van der Waals surface area contributed by atoms with E-state index < -0.39 is 6.10 Å². The number of nitrogens with zero attached hydrogens (tertiary/aromatic N) is 3. The molecule has 1 aromatic heterocycles. The first-order valence-corrected chi connectivity index (χ1v) is 12.3. The highest BCUT2D eigenvalue weighted by Crippen LogP contribution is 2.33. The molecule has 0 bridgehead atoms. The van der Waals surface area contributed by atoms with Crippen LogP contribution in [0, 0.1) is 5.82 Å². The first kappa shape index (κ1) is 24.0. The lowest BCUT2D eigenvalue weighted by Crippen LogP contribution is -2.26. The molecule has 6 nitrogen and oxygen atoms in total. The van der Waals surface area contributed by atoms with E-state index >= 15 is 0 Å². The van der Waals surface area contributed by atoms with E-state index in [9.17, 15) is 14.3 Å². The van der Waals surface area contributed by atoms with Crippen LogP contribution >= 0.6 is 0 Å². The van der Waals surface area contributed by atoms with Gasteiger partial charge in [-0.25, -0.2) is 9.37 Å². The molecule has 1 saturated heterocycles. The fourth-order valence-electron chi connectivity index (χ4n) is 4.78. The van der Waals surface area contributed by atoms with Gasteiger partial charge in [-0.3, -0.25) is 4.79 Å². The van der Waals surface area contributed by atoms with E-state index in [4.69, 9.17) is 9.72 Å². The highest BCUT2D eigenvalue weighted by molar-refractivity contribution is 5.96. The number of ether oxygens (including phenoxy) is 1. The summed E-state index contributed by atoms with van der Waals surface area (Å²) < 4.78 is 21.6. The molecule has 0 radical (unpaired) electrons. The van der Waals surface area contributed by atoms with Crippen LogP contribution < -0.4 is 9.64 Å². The molecule has 2 heterocycles. The van der Waals surface area contributed by atoms with Gasteiger partial charge in [0.15, 0.2) is 0 Å². The molecule has 7 heteroatoms. The molecule has 0 aliphatic carbocycles. The number of anilines is 1. The van der Waals surface area contributed by atoms with Gasteiger partial charge in [0.05, 0.1) is 17.6 Å². The Kier molecular flexibility index (Phi) is 6.74. The third-order valence-electron chi connectivity index (χ3n) is 6.68. The van der Waals surface area contributed by atoms with Crippen molar-refractivity contribution in [3.8, 4) is 5.75 Å². The smallest absolute Gasteiger partial charge is 0.227 e. The Morgan fingerprint density at radius 2 is 1.86 bits per heavy atom. The highest BCUT2D eigenvalue weighted by atomic mass is 19.1. The van der Waals surface area contributed by atoms with Crippen molar-refractivity contribution < 1.29 is 19.0 Å². The van der Waals surface area contributed by atoms with Gasteiger partial charge in [-0.1, -0.05) is 44.2 Å². The number of imidazole rings is 1. The zero-order valence-electron chi connectivity index (χ0n) is 20.5. The zero-order valence-corrected chi connectivity index (χ0v) is 20.5. The summed E-state index contributed by atoms with van der Waals surface area (Å²) in [5.41, 5.74) is 3.48. The third-order valence-corrected chi connectivity index (χ3v) is 6.68. The van der Waals surface area contributed by atoms with Gasteiger partial charge in [0.1, 0.15) is 30.1 Å². The summed E-state index contributed by atoms with van der Waals surface area (Å²) in [5.74, 6) is 1.27. The Morgan fingerprint density at radius 1 is 1.08 bits per heavy atom. The number of amides is 1. The Bertz CT molecular complexity index is 1370. The van der Waals surface area contributed by atoms with Gasteiger partial charge in [-0.2, -0.15) is 0 Å². The molecule has 1 N–H and O–H groups in total. The van der Waals surface area contributed by atoms with Gasteiger partial charge in [0, 0.05) is 24.6 Å². The number of hydrogen-bond donors (Lipinski definition) is 1. The van der Waals surface area contributed by atoms with Crippen molar-refractivity contribution in [3.63, 3.8) is 0 Å². The maximum absolute atomic E-state index is 13.8. The molecule has 4 aromatic rings. The van der Waals surface area contributed by atoms with Crippen molar-refractivity contribution in [3.05, 3.63) is 90.0 Å². The molecule has 186 valence electrons. The normalized spacial score (nSPS) is 16.8. The standard InChI is InChI=1S/C29H30FN3O3/c1-19(2)20-10-12-25(13-11-20)36-18-24(34)17-33-27-9-4-3-8-26(27)31-29(33)21-14-28(35)32(16-21)23-7-5-6-22(30)15-23/h3-13,15,19,21,24,34H,14,16-18H2,1-2H3/t21-,24-/m0/s1. The fourth-order valence-corrected chi connectivity index (χ4v) is 4.78. The number of benzene rings is 3. The number of aliphatic hydroxyl groups excluding tert-OH is 1. The molecule has 1 aliphatic rings. The van der Waals surface area contributed by atoms with Crippen LogP contribution in [0.4, 0.5) is 10.1 Å². The molecular formula is C29H30FN3O3. The lowest BCUT2D eigenvalue weighted by atomic mass is 10.0. The monoisotopic (exact) mass is 487 g/mol. The maximum atomic E-state index is 13.8. The van der Waals surface area contributed by atoms with E-state index in [1.807, 2.05) is 53.1 Å². The van der Waals surface area contributed by atoms with Crippen LogP contribution in [-0.2, 0) is 11.3 Å². The molecular weight excluding hydrogens is 457 g/mol. The van der Waals surface area contributed by atoms with Crippen molar-refractivity contribution in [2.45, 2.75) is 44.8 Å².